The molecule has 1 aromatic rings. The van der Waals surface area contributed by atoms with Crippen molar-refractivity contribution in [2.24, 2.45) is 5.73 Å². The minimum atomic E-state index is -0.559. The van der Waals surface area contributed by atoms with Gasteiger partial charge in [-0.2, -0.15) is 0 Å². The summed E-state index contributed by atoms with van der Waals surface area (Å²) >= 11 is 9.26. The van der Waals surface area contributed by atoms with E-state index in [1.165, 1.54) is 13.2 Å². The predicted molar refractivity (Wildman–Crippen MR) is 104 cm³/mol. The highest BCUT2D eigenvalue weighted by atomic mass is 79.9. The number of rotatable bonds is 5. The number of ether oxygens (including phenoxy) is 1. The van der Waals surface area contributed by atoms with Gasteiger partial charge in [-0.15, -0.1) is 0 Å². The van der Waals surface area contributed by atoms with E-state index in [9.17, 15) is 14.4 Å². The lowest BCUT2D eigenvalue weighted by molar-refractivity contribution is -0.135. The highest BCUT2D eigenvalue weighted by Crippen LogP contribution is 2.28. The van der Waals surface area contributed by atoms with Crippen LogP contribution in [-0.4, -0.2) is 24.9 Å². The van der Waals surface area contributed by atoms with E-state index in [2.05, 4.69) is 26.0 Å². The van der Waals surface area contributed by atoms with Crippen molar-refractivity contribution in [1.82, 2.24) is 0 Å². The number of esters is 1. The van der Waals surface area contributed by atoms with Crippen LogP contribution in [0.25, 0.3) is 6.08 Å². The number of methoxy groups -OCH3 is 1. The summed E-state index contributed by atoms with van der Waals surface area (Å²) in [5.41, 5.74) is 7.19. The first-order valence-electron chi connectivity index (χ1n) is 7.91. The second-order valence-electron chi connectivity index (χ2n) is 5.70. The van der Waals surface area contributed by atoms with Crippen LogP contribution in [-0.2, 0) is 19.1 Å². The Bertz CT molecular complexity index is 817. The van der Waals surface area contributed by atoms with Crippen LogP contribution in [0.15, 0.2) is 33.8 Å². The van der Waals surface area contributed by atoms with Crippen molar-refractivity contribution < 1.29 is 19.1 Å². The Morgan fingerprint density at radius 2 is 1.88 bits per heavy atom. The molecule has 8 heteroatoms. The van der Waals surface area contributed by atoms with Crippen LogP contribution in [0.4, 0.5) is 5.69 Å². The van der Waals surface area contributed by atoms with E-state index >= 15 is 0 Å². The lowest BCUT2D eigenvalue weighted by atomic mass is 9.90. The van der Waals surface area contributed by atoms with Crippen molar-refractivity contribution in [2.75, 3.05) is 12.4 Å². The van der Waals surface area contributed by atoms with Crippen LogP contribution < -0.4 is 11.1 Å². The number of carbonyl (C=O) groups excluding carboxylic acids is 3. The predicted octanol–water partition coefficient (Wildman–Crippen LogP) is 3.54. The van der Waals surface area contributed by atoms with Gasteiger partial charge in [0.25, 0.3) is 5.91 Å². The minimum absolute atomic E-state index is 0.191. The molecule has 0 radical (unpaired) electrons. The van der Waals surface area contributed by atoms with Crippen LogP contribution in [0.3, 0.4) is 0 Å². The van der Waals surface area contributed by atoms with Gasteiger partial charge in [0, 0.05) is 21.9 Å². The second-order valence-corrected chi connectivity index (χ2v) is 6.96. The fraction of sp³-hybridized carbons (Fsp3) is 0.278. The summed E-state index contributed by atoms with van der Waals surface area (Å²) in [4.78, 5) is 35.6. The van der Waals surface area contributed by atoms with Crippen molar-refractivity contribution in [3.05, 3.63) is 44.4 Å². The van der Waals surface area contributed by atoms with Crippen molar-refractivity contribution in [3.63, 3.8) is 0 Å². The summed E-state index contributed by atoms with van der Waals surface area (Å²) in [5.74, 6) is -1.46. The quantitative estimate of drug-likeness (QED) is 0.539. The second kappa shape index (κ2) is 9.00. The fourth-order valence-corrected chi connectivity index (χ4v) is 3.24. The number of primary amides is 1. The average molecular weight is 442 g/mol. The summed E-state index contributed by atoms with van der Waals surface area (Å²) in [6.07, 6.45) is 4.20. The molecule has 0 atom stereocenters. The molecule has 0 spiro atoms. The maximum absolute atomic E-state index is 12.5. The molecule has 0 aromatic heterocycles. The number of carbonyl (C=O) groups is 3. The van der Waals surface area contributed by atoms with Crippen LogP contribution in [0.5, 0.6) is 0 Å². The molecule has 1 aromatic carbocycles. The third-order valence-corrected chi connectivity index (χ3v) is 4.85. The van der Waals surface area contributed by atoms with E-state index in [-0.39, 0.29) is 10.4 Å². The normalized spacial score (nSPS) is 14.8. The summed E-state index contributed by atoms with van der Waals surface area (Å²) in [6.45, 7) is 0. The Labute approximate surface area is 164 Å². The number of benzene rings is 1. The smallest absolute Gasteiger partial charge is 0.344 e. The Hall–Kier alpha value is -2.12. The van der Waals surface area contributed by atoms with Gasteiger partial charge >= 0.3 is 5.97 Å². The van der Waals surface area contributed by atoms with Crippen LogP contribution in [0.1, 0.15) is 31.2 Å². The van der Waals surface area contributed by atoms with E-state index in [4.69, 9.17) is 17.3 Å². The molecular formula is C18H18BrClN2O4. The van der Waals surface area contributed by atoms with Crippen molar-refractivity contribution in [1.29, 1.82) is 0 Å². The third kappa shape index (κ3) is 4.95. The monoisotopic (exact) mass is 440 g/mol. The summed E-state index contributed by atoms with van der Waals surface area (Å²) < 4.78 is 4.81. The van der Waals surface area contributed by atoms with E-state index < -0.39 is 11.9 Å². The number of anilines is 1. The van der Waals surface area contributed by atoms with Crippen LogP contribution >= 0.6 is 27.5 Å². The van der Waals surface area contributed by atoms with E-state index in [1.54, 1.807) is 18.2 Å². The number of halogens is 2. The molecule has 6 nitrogen and oxygen atoms in total. The SMILES string of the molecule is COC(=O)/C(Br)=C/c1cc(NC(=O)C2=C(C(N)=O)CCCC2)ccc1Cl. The third-order valence-electron chi connectivity index (χ3n) is 3.96. The molecule has 138 valence electrons. The molecule has 0 bridgehead atoms. The largest absolute Gasteiger partial charge is 0.465 e. The zero-order valence-electron chi connectivity index (χ0n) is 14.1. The molecule has 0 unspecified atom stereocenters. The standard InChI is InChI=1S/C18H18BrClN2O4/c1-26-18(25)14(19)9-10-8-11(6-7-15(10)20)22-17(24)13-5-3-2-4-12(13)16(21)23/h6-9H,2-5H2,1H3,(H2,21,23)(H,22,24)/b14-9-. The zero-order valence-corrected chi connectivity index (χ0v) is 16.4. The number of nitrogens with one attached hydrogen (secondary N) is 1. The minimum Gasteiger partial charge on any atom is -0.465 e. The fourth-order valence-electron chi connectivity index (χ4n) is 2.66. The zero-order chi connectivity index (χ0) is 19.3. The van der Waals surface area contributed by atoms with Gasteiger partial charge in [0.2, 0.25) is 5.91 Å². The van der Waals surface area contributed by atoms with Crippen molar-refractivity contribution in [2.45, 2.75) is 25.7 Å². The lowest BCUT2D eigenvalue weighted by Gasteiger charge is -2.18. The van der Waals surface area contributed by atoms with E-state index in [1.807, 2.05) is 0 Å². The summed E-state index contributed by atoms with van der Waals surface area (Å²) in [6, 6.07) is 4.86. The molecule has 0 saturated carbocycles. The van der Waals surface area contributed by atoms with Crippen LogP contribution in [0, 0.1) is 0 Å². The molecule has 0 aliphatic heterocycles. The Kier molecular flexibility index (Phi) is 6.99. The number of hydrogen-bond acceptors (Lipinski definition) is 4. The maximum atomic E-state index is 12.5. The molecule has 3 N–H and O–H groups in total. The van der Waals surface area contributed by atoms with Gasteiger partial charge in [0.15, 0.2) is 0 Å². The van der Waals surface area contributed by atoms with Gasteiger partial charge in [-0.3, -0.25) is 9.59 Å². The first kappa shape index (κ1) is 20.2. The molecule has 0 fully saturated rings. The number of nitrogens with two attached hydrogens (primary N) is 1. The molecule has 0 saturated heterocycles. The van der Waals surface area contributed by atoms with Gasteiger partial charge in [-0.25, -0.2) is 4.79 Å². The van der Waals surface area contributed by atoms with Gasteiger partial charge in [-0.1, -0.05) is 11.6 Å². The average Bonchev–Trinajstić information content (AvgIpc) is 2.63. The van der Waals surface area contributed by atoms with E-state index in [0.29, 0.717) is 40.3 Å². The van der Waals surface area contributed by atoms with Gasteiger partial charge in [-0.05, 0) is 71.5 Å². The molecule has 2 amide bonds. The molecule has 2 rings (SSSR count). The van der Waals surface area contributed by atoms with Crippen molar-refractivity contribution in [3.8, 4) is 0 Å². The van der Waals surface area contributed by atoms with Crippen LogP contribution in [0.2, 0.25) is 5.02 Å². The van der Waals surface area contributed by atoms with Gasteiger partial charge in [0.05, 0.1) is 7.11 Å². The lowest BCUT2D eigenvalue weighted by Crippen LogP contribution is -2.24. The molecule has 0 heterocycles. The molecular weight excluding hydrogens is 424 g/mol. The van der Waals surface area contributed by atoms with Gasteiger partial charge in [0.1, 0.15) is 4.48 Å². The van der Waals surface area contributed by atoms with Gasteiger partial charge < -0.3 is 15.8 Å². The number of amides is 2. The molecule has 26 heavy (non-hydrogen) atoms. The Morgan fingerprint density at radius 3 is 2.50 bits per heavy atom. The molecule has 1 aliphatic carbocycles. The first-order valence-corrected chi connectivity index (χ1v) is 9.08. The number of hydrogen-bond donors (Lipinski definition) is 2. The first-order chi connectivity index (χ1) is 12.3. The summed E-state index contributed by atoms with van der Waals surface area (Å²) in [5, 5.41) is 3.16. The Balaban J connectivity index is 2.27. The maximum Gasteiger partial charge on any atom is 0.344 e. The highest BCUT2D eigenvalue weighted by molar-refractivity contribution is 9.12. The molecule has 1 aliphatic rings. The van der Waals surface area contributed by atoms with E-state index in [0.717, 1.165) is 12.8 Å². The highest BCUT2D eigenvalue weighted by Gasteiger charge is 2.22. The summed E-state index contributed by atoms with van der Waals surface area (Å²) in [7, 11) is 1.27. The topological polar surface area (TPSA) is 98.5 Å². The Morgan fingerprint density at radius 1 is 1.23 bits per heavy atom. The van der Waals surface area contributed by atoms with Crippen molar-refractivity contribution >= 4 is 57.1 Å².